The lowest BCUT2D eigenvalue weighted by Crippen LogP contribution is -2.32. The molecule has 136 valence electrons. The van der Waals surface area contributed by atoms with Crippen molar-refractivity contribution in [2.24, 2.45) is 5.10 Å². The van der Waals surface area contributed by atoms with Gasteiger partial charge in [-0.15, -0.1) is 0 Å². The van der Waals surface area contributed by atoms with Crippen LogP contribution in [0.4, 0.5) is 5.69 Å². The van der Waals surface area contributed by atoms with Gasteiger partial charge in [-0.25, -0.2) is 5.43 Å². The zero-order valence-electron chi connectivity index (χ0n) is 14.8. The van der Waals surface area contributed by atoms with Crippen molar-refractivity contribution < 1.29 is 14.3 Å². The van der Waals surface area contributed by atoms with Gasteiger partial charge >= 0.3 is 11.8 Å². The van der Waals surface area contributed by atoms with Gasteiger partial charge in [-0.2, -0.15) is 5.10 Å². The van der Waals surface area contributed by atoms with Crippen LogP contribution in [0.1, 0.15) is 12.5 Å². The number of nitrogens with zero attached hydrogens (tertiary/aromatic N) is 1. The maximum Gasteiger partial charge on any atom is 0.329 e. The predicted octanol–water partition coefficient (Wildman–Crippen LogP) is 3.33. The zero-order valence-corrected chi connectivity index (χ0v) is 14.8. The van der Waals surface area contributed by atoms with Gasteiger partial charge in [-0.05, 0) is 30.5 Å². The van der Waals surface area contributed by atoms with Crippen LogP contribution in [0.3, 0.4) is 0 Å². The summed E-state index contributed by atoms with van der Waals surface area (Å²) in [5.41, 5.74) is 3.50. The Balaban J connectivity index is 1.65. The standard InChI is InChI=1S/C21H19N3O3/c1-2-27-19-13-6-4-9-16(19)14-22-24-21(26)20(25)23-18-12-7-10-15-8-3-5-11-17(15)18/h3-14H,2H2,1H3,(H,23,25)(H,24,26)/b22-14+. The highest BCUT2D eigenvalue weighted by atomic mass is 16.5. The largest absolute Gasteiger partial charge is 0.493 e. The Hall–Kier alpha value is -3.67. The summed E-state index contributed by atoms with van der Waals surface area (Å²) in [6.07, 6.45) is 1.44. The van der Waals surface area contributed by atoms with Crippen molar-refractivity contribution in [2.45, 2.75) is 6.92 Å². The van der Waals surface area contributed by atoms with E-state index in [0.29, 0.717) is 23.6 Å². The van der Waals surface area contributed by atoms with E-state index in [1.54, 1.807) is 18.2 Å². The molecule has 0 aromatic heterocycles. The number of amides is 2. The van der Waals surface area contributed by atoms with Crippen LogP contribution in [-0.2, 0) is 9.59 Å². The summed E-state index contributed by atoms with van der Waals surface area (Å²) in [7, 11) is 0. The first kappa shape index (κ1) is 18.1. The lowest BCUT2D eigenvalue weighted by atomic mass is 10.1. The molecule has 0 bridgehead atoms. The molecule has 3 aromatic rings. The number of hydrazone groups is 1. The molecule has 0 aliphatic rings. The van der Waals surface area contributed by atoms with Gasteiger partial charge in [0.2, 0.25) is 0 Å². The van der Waals surface area contributed by atoms with Crippen molar-refractivity contribution in [3.8, 4) is 5.75 Å². The molecule has 0 aliphatic carbocycles. The van der Waals surface area contributed by atoms with Crippen molar-refractivity contribution in [1.29, 1.82) is 0 Å². The molecule has 27 heavy (non-hydrogen) atoms. The lowest BCUT2D eigenvalue weighted by Gasteiger charge is -2.08. The Morgan fingerprint density at radius 1 is 0.963 bits per heavy atom. The summed E-state index contributed by atoms with van der Waals surface area (Å²) in [4.78, 5) is 24.2. The summed E-state index contributed by atoms with van der Waals surface area (Å²) in [5.74, 6) is -0.993. The number of hydrogen-bond donors (Lipinski definition) is 2. The van der Waals surface area contributed by atoms with Crippen LogP contribution in [0.15, 0.2) is 71.8 Å². The van der Waals surface area contributed by atoms with Gasteiger partial charge < -0.3 is 10.1 Å². The predicted molar refractivity (Wildman–Crippen MR) is 106 cm³/mol. The summed E-state index contributed by atoms with van der Waals surface area (Å²) in [6.45, 7) is 2.40. The third kappa shape index (κ3) is 4.49. The van der Waals surface area contributed by atoms with E-state index >= 15 is 0 Å². The molecule has 0 spiro atoms. The summed E-state index contributed by atoms with van der Waals surface area (Å²) >= 11 is 0. The average Bonchev–Trinajstić information content (AvgIpc) is 2.69. The topological polar surface area (TPSA) is 79.8 Å². The number of nitrogens with one attached hydrogen (secondary N) is 2. The number of benzene rings is 3. The molecule has 2 N–H and O–H groups in total. The fourth-order valence-electron chi connectivity index (χ4n) is 2.60. The molecule has 0 unspecified atom stereocenters. The van der Waals surface area contributed by atoms with Gasteiger partial charge in [0.15, 0.2) is 0 Å². The maximum atomic E-state index is 12.1. The quantitative estimate of drug-likeness (QED) is 0.416. The highest BCUT2D eigenvalue weighted by molar-refractivity contribution is 6.40. The first-order valence-electron chi connectivity index (χ1n) is 8.53. The second-order valence-electron chi connectivity index (χ2n) is 5.65. The summed E-state index contributed by atoms with van der Waals surface area (Å²) in [5, 5.41) is 8.29. The smallest absolute Gasteiger partial charge is 0.329 e. The average molecular weight is 361 g/mol. The summed E-state index contributed by atoms with van der Waals surface area (Å²) in [6, 6.07) is 20.4. The SMILES string of the molecule is CCOc1ccccc1/C=N/NC(=O)C(=O)Nc1cccc2ccccc12. The van der Waals surface area contributed by atoms with Crippen molar-refractivity contribution in [1.82, 2.24) is 5.43 Å². The fourth-order valence-corrected chi connectivity index (χ4v) is 2.60. The molecular weight excluding hydrogens is 342 g/mol. The second kappa shape index (κ2) is 8.62. The van der Waals surface area contributed by atoms with E-state index in [0.717, 1.165) is 10.8 Å². The minimum Gasteiger partial charge on any atom is -0.493 e. The van der Waals surface area contributed by atoms with Crippen LogP contribution in [0.5, 0.6) is 5.75 Å². The van der Waals surface area contributed by atoms with E-state index < -0.39 is 11.8 Å². The number of rotatable bonds is 5. The maximum absolute atomic E-state index is 12.1. The molecule has 0 radical (unpaired) electrons. The first-order valence-corrected chi connectivity index (χ1v) is 8.53. The Morgan fingerprint density at radius 2 is 1.70 bits per heavy atom. The van der Waals surface area contributed by atoms with Crippen LogP contribution < -0.4 is 15.5 Å². The van der Waals surface area contributed by atoms with Crippen molar-refractivity contribution in [3.63, 3.8) is 0 Å². The highest BCUT2D eigenvalue weighted by Gasteiger charge is 2.14. The van der Waals surface area contributed by atoms with E-state index in [2.05, 4.69) is 15.8 Å². The van der Waals surface area contributed by atoms with E-state index in [-0.39, 0.29) is 0 Å². The molecule has 0 atom stereocenters. The van der Waals surface area contributed by atoms with Crippen LogP contribution in [-0.4, -0.2) is 24.6 Å². The Bertz CT molecular complexity index is 993. The molecule has 6 heteroatoms. The molecule has 0 aliphatic heterocycles. The lowest BCUT2D eigenvalue weighted by molar-refractivity contribution is -0.136. The van der Waals surface area contributed by atoms with Gasteiger partial charge in [0.1, 0.15) is 5.75 Å². The molecular formula is C21H19N3O3. The molecule has 0 fully saturated rings. The molecule has 0 heterocycles. The number of carbonyl (C=O) groups excluding carboxylic acids is 2. The van der Waals surface area contributed by atoms with E-state index in [9.17, 15) is 9.59 Å². The van der Waals surface area contributed by atoms with E-state index in [1.165, 1.54) is 6.21 Å². The second-order valence-corrected chi connectivity index (χ2v) is 5.65. The van der Waals surface area contributed by atoms with Gasteiger partial charge in [-0.3, -0.25) is 9.59 Å². The normalized spacial score (nSPS) is 10.7. The van der Waals surface area contributed by atoms with Gasteiger partial charge in [0.25, 0.3) is 0 Å². The number of ether oxygens (including phenoxy) is 1. The zero-order chi connectivity index (χ0) is 19.1. The van der Waals surface area contributed by atoms with Gasteiger partial charge in [0, 0.05) is 16.6 Å². The van der Waals surface area contributed by atoms with Crippen molar-refractivity contribution in [3.05, 3.63) is 72.3 Å². The molecule has 3 rings (SSSR count). The minimum absolute atomic E-state index is 0.519. The molecule has 6 nitrogen and oxygen atoms in total. The Morgan fingerprint density at radius 3 is 2.56 bits per heavy atom. The monoisotopic (exact) mass is 361 g/mol. The fraction of sp³-hybridized carbons (Fsp3) is 0.0952. The highest BCUT2D eigenvalue weighted by Crippen LogP contribution is 2.22. The molecule has 0 saturated carbocycles. The minimum atomic E-state index is -0.854. The van der Waals surface area contributed by atoms with Gasteiger partial charge in [-0.1, -0.05) is 48.5 Å². The van der Waals surface area contributed by atoms with Crippen LogP contribution in [0, 0.1) is 0 Å². The molecule has 0 saturated heterocycles. The van der Waals surface area contributed by atoms with E-state index in [1.807, 2.05) is 55.5 Å². The molecule has 2 amide bonds. The first-order chi connectivity index (χ1) is 13.2. The molecule has 3 aromatic carbocycles. The van der Waals surface area contributed by atoms with E-state index in [4.69, 9.17) is 4.74 Å². The Labute approximate surface area is 156 Å². The van der Waals surface area contributed by atoms with Crippen molar-refractivity contribution >= 4 is 34.5 Å². The number of hydrogen-bond acceptors (Lipinski definition) is 4. The number of fused-ring (bicyclic) bond motifs is 1. The van der Waals surface area contributed by atoms with Crippen LogP contribution >= 0.6 is 0 Å². The third-order valence-electron chi connectivity index (χ3n) is 3.83. The van der Waals surface area contributed by atoms with Crippen LogP contribution in [0.25, 0.3) is 10.8 Å². The van der Waals surface area contributed by atoms with Gasteiger partial charge in [0.05, 0.1) is 12.8 Å². The number of para-hydroxylation sites is 1. The van der Waals surface area contributed by atoms with Crippen LogP contribution in [0.2, 0.25) is 0 Å². The number of carbonyl (C=O) groups is 2. The third-order valence-corrected chi connectivity index (χ3v) is 3.83. The summed E-state index contributed by atoms with van der Waals surface area (Å²) < 4.78 is 5.48. The number of anilines is 1. The Kier molecular flexibility index (Phi) is 5.79. The van der Waals surface area contributed by atoms with Crippen molar-refractivity contribution in [2.75, 3.05) is 11.9 Å².